The molecule has 0 unspecified atom stereocenters. The Bertz CT molecular complexity index is 457. The summed E-state index contributed by atoms with van der Waals surface area (Å²) in [5, 5.41) is 9.18. The fourth-order valence-electron chi connectivity index (χ4n) is 1.83. The van der Waals surface area contributed by atoms with Gasteiger partial charge in [0.1, 0.15) is 0 Å². The predicted molar refractivity (Wildman–Crippen MR) is 80.9 cm³/mol. The van der Waals surface area contributed by atoms with Crippen LogP contribution in [0.4, 0.5) is 5.69 Å². The fourth-order valence-corrected chi connectivity index (χ4v) is 2.07. The van der Waals surface area contributed by atoms with Crippen molar-refractivity contribution in [3.05, 3.63) is 34.9 Å². The zero-order valence-electron chi connectivity index (χ0n) is 11.4. The number of carboxylic acids is 1. The number of nitrogens with zero attached hydrogens (tertiary/aromatic N) is 1. The molecule has 0 fully saturated rings. The van der Waals surface area contributed by atoms with Gasteiger partial charge in [-0.05, 0) is 37.1 Å². The standard InChI is InChI=1S/C15H20ClNO2/c1-3-5-10-17(4-2)13-8-6-12(14(16)11-13)7-9-15(18)19/h6-9,11H,3-5,10H2,1-2H3,(H,18,19)/b9-7+. The highest BCUT2D eigenvalue weighted by Crippen LogP contribution is 2.25. The molecule has 0 heterocycles. The van der Waals surface area contributed by atoms with E-state index in [-0.39, 0.29) is 0 Å². The molecule has 0 saturated carbocycles. The van der Waals surface area contributed by atoms with E-state index in [1.54, 1.807) is 0 Å². The zero-order valence-corrected chi connectivity index (χ0v) is 12.2. The largest absolute Gasteiger partial charge is 0.478 e. The smallest absolute Gasteiger partial charge is 0.328 e. The molecule has 0 amide bonds. The lowest BCUT2D eigenvalue weighted by molar-refractivity contribution is -0.131. The minimum Gasteiger partial charge on any atom is -0.478 e. The van der Waals surface area contributed by atoms with Crippen LogP contribution in [-0.4, -0.2) is 24.2 Å². The first-order valence-electron chi connectivity index (χ1n) is 6.54. The second kappa shape index (κ2) is 7.85. The molecule has 0 radical (unpaired) electrons. The summed E-state index contributed by atoms with van der Waals surface area (Å²) in [4.78, 5) is 12.7. The Morgan fingerprint density at radius 2 is 2.16 bits per heavy atom. The Balaban J connectivity index is 2.88. The lowest BCUT2D eigenvalue weighted by Crippen LogP contribution is -2.23. The van der Waals surface area contributed by atoms with Crippen LogP contribution in [0, 0.1) is 0 Å². The Morgan fingerprint density at radius 1 is 1.42 bits per heavy atom. The normalized spacial score (nSPS) is 10.9. The van der Waals surface area contributed by atoms with E-state index in [0.29, 0.717) is 5.02 Å². The van der Waals surface area contributed by atoms with Gasteiger partial charge >= 0.3 is 5.97 Å². The van der Waals surface area contributed by atoms with Crippen molar-refractivity contribution in [3.63, 3.8) is 0 Å². The maximum absolute atomic E-state index is 10.5. The van der Waals surface area contributed by atoms with Crippen LogP contribution in [-0.2, 0) is 4.79 Å². The minimum atomic E-state index is -0.974. The van der Waals surface area contributed by atoms with Crippen molar-refractivity contribution in [1.82, 2.24) is 0 Å². The first-order chi connectivity index (χ1) is 9.08. The summed E-state index contributed by atoms with van der Waals surface area (Å²) in [6.07, 6.45) is 4.90. The van der Waals surface area contributed by atoms with Crippen LogP contribution >= 0.6 is 11.6 Å². The van der Waals surface area contributed by atoms with Crippen molar-refractivity contribution in [2.24, 2.45) is 0 Å². The molecular formula is C15H20ClNO2. The van der Waals surface area contributed by atoms with Gasteiger partial charge in [0.2, 0.25) is 0 Å². The molecule has 3 nitrogen and oxygen atoms in total. The molecule has 0 aromatic heterocycles. The minimum absolute atomic E-state index is 0.574. The number of hydrogen-bond acceptors (Lipinski definition) is 2. The van der Waals surface area contributed by atoms with E-state index >= 15 is 0 Å². The lowest BCUT2D eigenvalue weighted by atomic mass is 10.1. The third-order valence-corrected chi connectivity index (χ3v) is 3.25. The van der Waals surface area contributed by atoms with Gasteiger partial charge in [0.05, 0.1) is 0 Å². The maximum Gasteiger partial charge on any atom is 0.328 e. The molecule has 0 spiro atoms. The van der Waals surface area contributed by atoms with Crippen molar-refractivity contribution < 1.29 is 9.90 Å². The SMILES string of the molecule is CCCCN(CC)c1ccc(/C=C/C(=O)O)c(Cl)c1. The van der Waals surface area contributed by atoms with E-state index in [1.807, 2.05) is 18.2 Å². The number of carbonyl (C=O) groups is 1. The van der Waals surface area contributed by atoms with Crippen molar-refractivity contribution in [1.29, 1.82) is 0 Å². The van der Waals surface area contributed by atoms with E-state index in [2.05, 4.69) is 18.7 Å². The van der Waals surface area contributed by atoms with E-state index in [1.165, 1.54) is 6.08 Å². The Hall–Kier alpha value is -1.48. The molecule has 0 bridgehead atoms. The summed E-state index contributed by atoms with van der Waals surface area (Å²) in [6.45, 7) is 6.22. The van der Waals surface area contributed by atoms with Gasteiger partial charge in [-0.2, -0.15) is 0 Å². The molecular weight excluding hydrogens is 262 g/mol. The van der Waals surface area contributed by atoms with Crippen molar-refractivity contribution in [3.8, 4) is 0 Å². The van der Waals surface area contributed by atoms with Gasteiger partial charge < -0.3 is 10.0 Å². The van der Waals surface area contributed by atoms with Crippen LogP contribution in [0.5, 0.6) is 0 Å². The van der Waals surface area contributed by atoms with E-state index in [9.17, 15) is 4.79 Å². The van der Waals surface area contributed by atoms with E-state index in [4.69, 9.17) is 16.7 Å². The monoisotopic (exact) mass is 281 g/mol. The molecule has 19 heavy (non-hydrogen) atoms. The van der Waals surface area contributed by atoms with Gasteiger partial charge in [0.15, 0.2) is 0 Å². The predicted octanol–water partition coefficient (Wildman–Crippen LogP) is 4.06. The third-order valence-electron chi connectivity index (χ3n) is 2.92. The summed E-state index contributed by atoms with van der Waals surface area (Å²) >= 11 is 6.18. The highest BCUT2D eigenvalue weighted by Gasteiger charge is 2.06. The first-order valence-corrected chi connectivity index (χ1v) is 6.91. The van der Waals surface area contributed by atoms with Crippen LogP contribution in [0.25, 0.3) is 6.08 Å². The second-order valence-electron chi connectivity index (χ2n) is 4.31. The number of unbranched alkanes of at least 4 members (excludes halogenated alkanes) is 1. The molecule has 0 atom stereocenters. The third kappa shape index (κ3) is 4.95. The van der Waals surface area contributed by atoms with Crippen LogP contribution in [0.15, 0.2) is 24.3 Å². The second-order valence-corrected chi connectivity index (χ2v) is 4.72. The quantitative estimate of drug-likeness (QED) is 0.766. The number of anilines is 1. The summed E-state index contributed by atoms with van der Waals surface area (Å²) in [6, 6.07) is 5.72. The van der Waals surface area contributed by atoms with Gasteiger partial charge in [-0.25, -0.2) is 4.79 Å². The molecule has 1 aromatic rings. The van der Waals surface area contributed by atoms with Crippen LogP contribution in [0.2, 0.25) is 5.02 Å². The van der Waals surface area contributed by atoms with Crippen LogP contribution in [0.1, 0.15) is 32.3 Å². The van der Waals surface area contributed by atoms with Gasteiger partial charge in [-0.1, -0.05) is 31.0 Å². The number of rotatable bonds is 7. The summed E-state index contributed by atoms with van der Waals surface area (Å²) in [5.74, 6) is -0.974. The van der Waals surface area contributed by atoms with Crippen LogP contribution < -0.4 is 4.90 Å². The van der Waals surface area contributed by atoms with Crippen molar-refractivity contribution >= 4 is 29.3 Å². The van der Waals surface area contributed by atoms with Crippen molar-refractivity contribution in [2.75, 3.05) is 18.0 Å². The molecule has 0 aliphatic heterocycles. The van der Waals surface area contributed by atoms with E-state index < -0.39 is 5.97 Å². The Labute approximate surface area is 119 Å². The molecule has 104 valence electrons. The van der Waals surface area contributed by atoms with Gasteiger partial charge in [0, 0.05) is 29.9 Å². The fraction of sp³-hybridized carbons (Fsp3) is 0.400. The topological polar surface area (TPSA) is 40.5 Å². The Kier molecular flexibility index (Phi) is 6.43. The average molecular weight is 282 g/mol. The van der Waals surface area contributed by atoms with Gasteiger partial charge in [-0.3, -0.25) is 0 Å². The number of aliphatic carboxylic acids is 1. The molecule has 0 aliphatic rings. The molecule has 1 N–H and O–H groups in total. The average Bonchev–Trinajstić information content (AvgIpc) is 2.38. The lowest BCUT2D eigenvalue weighted by Gasteiger charge is -2.23. The molecule has 1 rings (SSSR count). The van der Waals surface area contributed by atoms with Gasteiger partial charge in [0.25, 0.3) is 0 Å². The molecule has 0 saturated heterocycles. The summed E-state index contributed by atoms with van der Waals surface area (Å²) in [5.41, 5.74) is 1.80. The molecule has 1 aromatic carbocycles. The first kappa shape index (κ1) is 15.6. The van der Waals surface area contributed by atoms with E-state index in [0.717, 1.165) is 43.3 Å². The zero-order chi connectivity index (χ0) is 14.3. The number of benzene rings is 1. The maximum atomic E-state index is 10.5. The Morgan fingerprint density at radius 3 is 2.68 bits per heavy atom. The summed E-state index contributed by atoms with van der Waals surface area (Å²) in [7, 11) is 0. The number of hydrogen-bond donors (Lipinski definition) is 1. The highest BCUT2D eigenvalue weighted by atomic mass is 35.5. The van der Waals surface area contributed by atoms with Crippen molar-refractivity contribution in [2.45, 2.75) is 26.7 Å². The molecule has 4 heteroatoms. The van der Waals surface area contributed by atoms with Crippen LogP contribution in [0.3, 0.4) is 0 Å². The highest BCUT2D eigenvalue weighted by molar-refractivity contribution is 6.32. The molecule has 0 aliphatic carbocycles. The number of halogens is 1. The van der Waals surface area contributed by atoms with Gasteiger partial charge in [-0.15, -0.1) is 0 Å². The summed E-state index contributed by atoms with van der Waals surface area (Å²) < 4.78 is 0. The number of carboxylic acid groups (broad SMARTS) is 1.